The van der Waals surface area contributed by atoms with Gasteiger partial charge in [0.15, 0.2) is 0 Å². The molecular formula is C13H20BrIN2. The zero-order chi connectivity index (χ0) is 12.7. The highest BCUT2D eigenvalue weighted by Crippen LogP contribution is 2.18. The van der Waals surface area contributed by atoms with E-state index >= 15 is 0 Å². The lowest BCUT2D eigenvalue weighted by molar-refractivity contribution is 0.500. The molecule has 0 aromatic heterocycles. The highest BCUT2D eigenvalue weighted by atomic mass is 127. The fraction of sp³-hybridized carbons (Fsp3) is 0.538. The maximum atomic E-state index is 3.54. The van der Waals surface area contributed by atoms with Gasteiger partial charge in [-0.3, -0.25) is 0 Å². The monoisotopic (exact) mass is 410 g/mol. The quantitative estimate of drug-likeness (QED) is 0.530. The lowest BCUT2D eigenvalue weighted by Gasteiger charge is -2.15. The van der Waals surface area contributed by atoms with Gasteiger partial charge in [-0.15, -0.1) is 0 Å². The van der Waals surface area contributed by atoms with Gasteiger partial charge in [-0.05, 0) is 66.2 Å². The van der Waals surface area contributed by atoms with E-state index in [0.29, 0.717) is 6.04 Å². The number of halogens is 2. The summed E-state index contributed by atoms with van der Waals surface area (Å²) in [5.41, 5.74) is 1.35. The second kappa shape index (κ2) is 8.45. The van der Waals surface area contributed by atoms with Crippen LogP contribution in [0, 0.1) is 3.57 Å². The topological polar surface area (TPSA) is 24.1 Å². The van der Waals surface area contributed by atoms with Crippen LogP contribution in [0.1, 0.15) is 25.8 Å². The average molecular weight is 411 g/mol. The third-order valence-electron chi connectivity index (χ3n) is 2.53. The minimum atomic E-state index is 0.497. The molecule has 0 heterocycles. The molecule has 0 saturated heterocycles. The van der Waals surface area contributed by atoms with Crippen molar-refractivity contribution >= 4 is 38.5 Å². The Morgan fingerprint density at radius 2 is 2.18 bits per heavy atom. The highest BCUT2D eigenvalue weighted by Gasteiger charge is 2.04. The van der Waals surface area contributed by atoms with E-state index in [1.165, 1.54) is 15.6 Å². The minimum absolute atomic E-state index is 0.497. The van der Waals surface area contributed by atoms with Crippen LogP contribution in [-0.2, 0) is 6.54 Å². The van der Waals surface area contributed by atoms with Crippen molar-refractivity contribution in [2.45, 2.75) is 32.9 Å². The third kappa shape index (κ3) is 6.18. The highest BCUT2D eigenvalue weighted by molar-refractivity contribution is 14.1. The predicted molar refractivity (Wildman–Crippen MR) is 86.3 cm³/mol. The van der Waals surface area contributed by atoms with Crippen molar-refractivity contribution in [2.24, 2.45) is 0 Å². The summed E-state index contributed by atoms with van der Waals surface area (Å²) < 4.78 is 2.46. The van der Waals surface area contributed by atoms with E-state index in [9.17, 15) is 0 Å². The van der Waals surface area contributed by atoms with Crippen molar-refractivity contribution in [1.29, 1.82) is 0 Å². The minimum Gasteiger partial charge on any atom is -0.315 e. The number of benzene rings is 1. The van der Waals surface area contributed by atoms with Crippen LogP contribution in [0.4, 0.5) is 0 Å². The van der Waals surface area contributed by atoms with Crippen LogP contribution in [0.5, 0.6) is 0 Å². The molecule has 0 fully saturated rings. The van der Waals surface area contributed by atoms with Gasteiger partial charge in [0, 0.05) is 27.2 Å². The maximum absolute atomic E-state index is 3.54. The van der Waals surface area contributed by atoms with Crippen LogP contribution >= 0.6 is 38.5 Å². The van der Waals surface area contributed by atoms with E-state index < -0.39 is 0 Å². The van der Waals surface area contributed by atoms with Crippen LogP contribution in [0.3, 0.4) is 0 Å². The number of nitrogens with one attached hydrogen (secondary N) is 2. The van der Waals surface area contributed by atoms with Gasteiger partial charge in [0.2, 0.25) is 0 Å². The Labute approximate surface area is 126 Å². The summed E-state index contributed by atoms with van der Waals surface area (Å²) in [6.07, 6.45) is 1.19. The Morgan fingerprint density at radius 1 is 1.41 bits per heavy atom. The largest absolute Gasteiger partial charge is 0.315 e. The molecule has 0 amide bonds. The molecule has 0 spiro atoms. The summed E-state index contributed by atoms with van der Waals surface area (Å²) in [6.45, 7) is 7.45. The van der Waals surface area contributed by atoms with E-state index in [2.05, 4.69) is 81.2 Å². The van der Waals surface area contributed by atoms with Gasteiger partial charge in [0.05, 0.1) is 0 Å². The van der Waals surface area contributed by atoms with Crippen LogP contribution < -0.4 is 10.6 Å². The van der Waals surface area contributed by atoms with Gasteiger partial charge < -0.3 is 10.6 Å². The molecule has 2 N–H and O–H groups in total. The average Bonchev–Trinajstić information content (AvgIpc) is 2.31. The van der Waals surface area contributed by atoms with Crippen molar-refractivity contribution in [3.8, 4) is 0 Å². The number of rotatable bonds is 7. The summed E-state index contributed by atoms with van der Waals surface area (Å²) >= 11 is 5.89. The molecule has 96 valence electrons. The fourth-order valence-corrected chi connectivity index (χ4v) is 2.47. The molecule has 1 aromatic rings. The van der Waals surface area contributed by atoms with Gasteiger partial charge in [-0.25, -0.2) is 0 Å². The summed E-state index contributed by atoms with van der Waals surface area (Å²) in [4.78, 5) is 0. The van der Waals surface area contributed by atoms with Crippen molar-refractivity contribution in [3.05, 3.63) is 31.8 Å². The van der Waals surface area contributed by atoms with E-state index in [1.54, 1.807) is 0 Å². The van der Waals surface area contributed by atoms with Crippen molar-refractivity contribution < 1.29 is 0 Å². The standard InChI is InChI=1S/C13H20BrIN2/c1-3-6-16-8-10(2)17-9-11-7-12(14)4-5-13(11)15/h4-5,7,10,16-17H,3,6,8-9H2,1-2H3. The Bertz CT molecular complexity index is 344. The molecule has 1 rings (SSSR count). The van der Waals surface area contributed by atoms with E-state index in [4.69, 9.17) is 0 Å². The lowest BCUT2D eigenvalue weighted by atomic mass is 10.2. The molecule has 0 aliphatic heterocycles. The molecule has 1 unspecified atom stereocenters. The number of hydrogen-bond donors (Lipinski definition) is 2. The molecule has 1 aromatic carbocycles. The second-order valence-corrected chi connectivity index (χ2v) is 6.30. The van der Waals surface area contributed by atoms with E-state index in [-0.39, 0.29) is 0 Å². The smallest absolute Gasteiger partial charge is 0.0219 e. The summed E-state index contributed by atoms with van der Waals surface area (Å²) in [7, 11) is 0. The van der Waals surface area contributed by atoms with Crippen LogP contribution in [0.2, 0.25) is 0 Å². The molecule has 1 atom stereocenters. The summed E-state index contributed by atoms with van der Waals surface area (Å²) in [5.74, 6) is 0. The zero-order valence-electron chi connectivity index (χ0n) is 10.4. The second-order valence-electron chi connectivity index (χ2n) is 4.22. The van der Waals surface area contributed by atoms with Crippen molar-refractivity contribution in [1.82, 2.24) is 10.6 Å². The van der Waals surface area contributed by atoms with Crippen molar-refractivity contribution in [2.75, 3.05) is 13.1 Å². The molecule has 4 heteroatoms. The fourth-order valence-electron chi connectivity index (χ4n) is 1.53. The molecule has 0 aliphatic carbocycles. The zero-order valence-corrected chi connectivity index (χ0v) is 14.1. The maximum Gasteiger partial charge on any atom is 0.0219 e. The Morgan fingerprint density at radius 3 is 2.88 bits per heavy atom. The van der Waals surface area contributed by atoms with Gasteiger partial charge in [-0.2, -0.15) is 0 Å². The van der Waals surface area contributed by atoms with Crippen LogP contribution in [-0.4, -0.2) is 19.1 Å². The van der Waals surface area contributed by atoms with Gasteiger partial charge in [0.25, 0.3) is 0 Å². The molecule has 2 nitrogen and oxygen atoms in total. The lowest BCUT2D eigenvalue weighted by Crippen LogP contribution is -2.36. The Balaban J connectivity index is 2.36. The third-order valence-corrected chi connectivity index (χ3v) is 4.07. The molecule has 0 radical (unpaired) electrons. The SMILES string of the molecule is CCCNCC(C)NCc1cc(Br)ccc1I. The van der Waals surface area contributed by atoms with Gasteiger partial charge in [0.1, 0.15) is 0 Å². The molecule has 17 heavy (non-hydrogen) atoms. The van der Waals surface area contributed by atoms with Crippen LogP contribution in [0.25, 0.3) is 0 Å². The Kier molecular flexibility index (Phi) is 7.66. The first-order chi connectivity index (χ1) is 8.13. The van der Waals surface area contributed by atoms with Gasteiger partial charge >= 0.3 is 0 Å². The van der Waals surface area contributed by atoms with E-state index in [1.807, 2.05) is 0 Å². The molecule has 0 aliphatic rings. The first-order valence-electron chi connectivity index (χ1n) is 6.01. The Hall–Kier alpha value is 0.350. The molecule has 0 saturated carbocycles. The first-order valence-corrected chi connectivity index (χ1v) is 7.88. The normalized spacial score (nSPS) is 12.7. The van der Waals surface area contributed by atoms with E-state index in [0.717, 1.165) is 24.1 Å². The first kappa shape index (κ1) is 15.4. The predicted octanol–water partition coefficient (Wildman–Crippen LogP) is 3.53. The van der Waals surface area contributed by atoms with Crippen molar-refractivity contribution in [3.63, 3.8) is 0 Å². The molecule has 0 bridgehead atoms. The summed E-state index contributed by atoms with van der Waals surface area (Å²) in [5, 5.41) is 6.96. The van der Waals surface area contributed by atoms with Gasteiger partial charge in [-0.1, -0.05) is 22.9 Å². The molecular weight excluding hydrogens is 391 g/mol. The van der Waals surface area contributed by atoms with Crippen LogP contribution in [0.15, 0.2) is 22.7 Å². The number of hydrogen-bond acceptors (Lipinski definition) is 2. The summed E-state index contributed by atoms with van der Waals surface area (Å²) in [6, 6.07) is 6.90.